The second-order valence-electron chi connectivity index (χ2n) is 7.10. The zero-order valence-corrected chi connectivity index (χ0v) is 18.6. The van der Waals surface area contributed by atoms with Crippen LogP contribution in [0.25, 0.3) is 5.69 Å². The normalized spacial score (nSPS) is 11.2. The summed E-state index contributed by atoms with van der Waals surface area (Å²) in [6.07, 6.45) is 2.78. The highest BCUT2D eigenvalue weighted by Gasteiger charge is 2.11. The van der Waals surface area contributed by atoms with Gasteiger partial charge in [-0.25, -0.2) is 18.1 Å². The third-order valence-electron chi connectivity index (χ3n) is 4.58. The van der Waals surface area contributed by atoms with Crippen LogP contribution in [0.3, 0.4) is 0 Å². The van der Waals surface area contributed by atoms with E-state index in [1.165, 1.54) is 6.26 Å². The summed E-state index contributed by atoms with van der Waals surface area (Å²) < 4.78 is 30.6. The Hall–Kier alpha value is -3.92. The molecule has 32 heavy (non-hydrogen) atoms. The number of nitrogens with zero attached hydrogens (tertiary/aromatic N) is 4. The van der Waals surface area contributed by atoms with Crippen molar-refractivity contribution in [3.05, 3.63) is 72.6 Å². The SMILES string of the molecule is COc1ccc(-n2nc(C)cc2Nc2ccnc(Nc3cccc(S(C)(=O)=O)c3)n2)cc1. The van der Waals surface area contributed by atoms with E-state index in [2.05, 4.69) is 25.7 Å². The van der Waals surface area contributed by atoms with Crippen LogP contribution in [0.15, 0.2) is 71.8 Å². The number of ether oxygens (including phenoxy) is 1. The number of aryl methyl sites for hydroxylation is 1. The number of sulfone groups is 1. The van der Waals surface area contributed by atoms with Gasteiger partial charge in [-0.2, -0.15) is 10.1 Å². The molecule has 2 aromatic heterocycles. The number of benzene rings is 2. The van der Waals surface area contributed by atoms with E-state index in [9.17, 15) is 8.42 Å². The van der Waals surface area contributed by atoms with Crippen LogP contribution < -0.4 is 15.4 Å². The van der Waals surface area contributed by atoms with Crippen molar-refractivity contribution in [2.75, 3.05) is 24.0 Å². The van der Waals surface area contributed by atoms with Crippen LogP contribution in [0.4, 0.5) is 23.3 Å². The third kappa shape index (κ3) is 4.86. The molecule has 0 bridgehead atoms. The van der Waals surface area contributed by atoms with Crippen molar-refractivity contribution >= 4 is 33.1 Å². The van der Waals surface area contributed by atoms with E-state index in [1.54, 1.807) is 48.3 Å². The highest BCUT2D eigenvalue weighted by molar-refractivity contribution is 7.90. The lowest BCUT2D eigenvalue weighted by Gasteiger charge is -2.11. The summed E-state index contributed by atoms with van der Waals surface area (Å²) in [6.45, 7) is 1.91. The highest BCUT2D eigenvalue weighted by atomic mass is 32.2. The summed E-state index contributed by atoms with van der Waals surface area (Å²) in [5.74, 6) is 2.37. The molecule has 0 saturated heterocycles. The topological polar surface area (TPSA) is 111 Å². The minimum absolute atomic E-state index is 0.218. The fraction of sp³-hybridized carbons (Fsp3) is 0.136. The second-order valence-corrected chi connectivity index (χ2v) is 9.11. The molecule has 0 amide bonds. The quantitative estimate of drug-likeness (QED) is 0.437. The Labute approximate surface area is 186 Å². The average molecular weight is 451 g/mol. The molecule has 0 aliphatic rings. The molecule has 4 rings (SSSR count). The Morgan fingerprint density at radius 3 is 2.50 bits per heavy atom. The zero-order valence-electron chi connectivity index (χ0n) is 17.8. The van der Waals surface area contributed by atoms with E-state index in [-0.39, 0.29) is 4.90 Å². The number of nitrogens with one attached hydrogen (secondary N) is 2. The number of rotatable bonds is 7. The van der Waals surface area contributed by atoms with E-state index in [0.29, 0.717) is 17.5 Å². The first-order chi connectivity index (χ1) is 15.3. The molecule has 2 aromatic carbocycles. The molecule has 0 unspecified atom stereocenters. The van der Waals surface area contributed by atoms with Gasteiger partial charge < -0.3 is 15.4 Å². The van der Waals surface area contributed by atoms with E-state index in [0.717, 1.165) is 22.9 Å². The molecule has 0 radical (unpaired) electrons. The molecule has 9 nitrogen and oxygen atoms in total. The average Bonchev–Trinajstić information content (AvgIpc) is 3.13. The van der Waals surface area contributed by atoms with Gasteiger partial charge in [-0.05, 0) is 55.5 Å². The Balaban J connectivity index is 1.58. The first kappa shape index (κ1) is 21.3. The summed E-state index contributed by atoms with van der Waals surface area (Å²) in [5.41, 5.74) is 2.28. The van der Waals surface area contributed by atoms with Gasteiger partial charge in [0.2, 0.25) is 5.95 Å². The van der Waals surface area contributed by atoms with Gasteiger partial charge in [0.25, 0.3) is 0 Å². The van der Waals surface area contributed by atoms with Gasteiger partial charge in [0.05, 0.1) is 23.4 Å². The van der Waals surface area contributed by atoms with Gasteiger partial charge in [-0.15, -0.1) is 0 Å². The lowest BCUT2D eigenvalue weighted by Crippen LogP contribution is -2.05. The smallest absolute Gasteiger partial charge is 0.229 e. The molecule has 0 saturated carbocycles. The molecule has 0 spiro atoms. The molecule has 4 aromatic rings. The summed E-state index contributed by atoms with van der Waals surface area (Å²) in [7, 11) is -1.69. The summed E-state index contributed by atoms with van der Waals surface area (Å²) in [5, 5.41) is 10.9. The molecule has 0 aliphatic carbocycles. The van der Waals surface area contributed by atoms with Crippen LogP contribution in [-0.2, 0) is 9.84 Å². The maximum absolute atomic E-state index is 11.8. The zero-order chi connectivity index (χ0) is 22.7. The minimum Gasteiger partial charge on any atom is -0.497 e. The standard InChI is InChI=1S/C22H22N6O3S/c1-15-13-21(28(27-15)17-7-9-18(31-2)10-8-17)25-20-11-12-23-22(26-20)24-16-5-4-6-19(14-16)32(3,29)30/h4-14H,1-3H3,(H2,23,24,25,26). The molecule has 0 fully saturated rings. The van der Waals surface area contributed by atoms with Crippen molar-refractivity contribution in [1.82, 2.24) is 19.7 Å². The van der Waals surface area contributed by atoms with Crippen molar-refractivity contribution in [3.8, 4) is 11.4 Å². The van der Waals surface area contributed by atoms with Gasteiger partial charge in [0.1, 0.15) is 17.4 Å². The van der Waals surface area contributed by atoms with Crippen molar-refractivity contribution in [2.45, 2.75) is 11.8 Å². The summed E-state index contributed by atoms with van der Waals surface area (Å²) in [6, 6.07) is 17.7. The van der Waals surface area contributed by atoms with Crippen LogP contribution in [0.1, 0.15) is 5.69 Å². The van der Waals surface area contributed by atoms with Crippen molar-refractivity contribution < 1.29 is 13.2 Å². The van der Waals surface area contributed by atoms with E-state index in [1.807, 2.05) is 37.3 Å². The molecule has 0 atom stereocenters. The predicted octanol–water partition coefficient (Wildman–Crippen LogP) is 3.87. The van der Waals surface area contributed by atoms with Crippen LogP contribution in [0, 0.1) is 6.92 Å². The first-order valence-electron chi connectivity index (χ1n) is 9.70. The van der Waals surface area contributed by atoms with Crippen LogP contribution >= 0.6 is 0 Å². The van der Waals surface area contributed by atoms with Gasteiger partial charge in [0.15, 0.2) is 9.84 Å². The predicted molar refractivity (Wildman–Crippen MR) is 123 cm³/mol. The van der Waals surface area contributed by atoms with Gasteiger partial charge >= 0.3 is 0 Å². The van der Waals surface area contributed by atoms with Gasteiger partial charge in [-0.3, -0.25) is 0 Å². The number of hydrogen-bond donors (Lipinski definition) is 2. The lowest BCUT2D eigenvalue weighted by molar-refractivity contribution is 0.414. The molecule has 10 heteroatoms. The van der Waals surface area contributed by atoms with Crippen molar-refractivity contribution in [3.63, 3.8) is 0 Å². The monoisotopic (exact) mass is 450 g/mol. The van der Waals surface area contributed by atoms with E-state index >= 15 is 0 Å². The maximum Gasteiger partial charge on any atom is 0.229 e. The molecule has 2 N–H and O–H groups in total. The maximum atomic E-state index is 11.8. The Bertz CT molecular complexity index is 1350. The number of methoxy groups -OCH3 is 1. The molecule has 2 heterocycles. The summed E-state index contributed by atoms with van der Waals surface area (Å²) >= 11 is 0. The number of aromatic nitrogens is 4. The minimum atomic E-state index is -3.31. The Morgan fingerprint density at radius 1 is 1.00 bits per heavy atom. The molecular formula is C22H22N6O3S. The molecule has 0 aliphatic heterocycles. The van der Waals surface area contributed by atoms with Crippen LogP contribution in [0.2, 0.25) is 0 Å². The first-order valence-corrected chi connectivity index (χ1v) is 11.6. The van der Waals surface area contributed by atoms with Crippen LogP contribution in [-0.4, -0.2) is 41.5 Å². The Kier molecular flexibility index (Phi) is 5.78. The fourth-order valence-corrected chi connectivity index (χ4v) is 3.73. The van der Waals surface area contributed by atoms with Gasteiger partial charge in [-0.1, -0.05) is 6.07 Å². The number of hydrogen-bond acceptors (Lipinski definition) is 8. The lowest BCUT2D eigenvalue weighted by atomic mass is 10.3. The highest BCUT2D eigenvalue weighted by Crippen LogP contribution is 2.23. The van der Waals surface area contributed by atoms with E-state index in [4.69, 9.17) is 4.74 Å². The molecule has 164 valence electrons. The fourth-order valence-electron chi connectivity index (χ4n) is 3.06. The van der Waals surface area contributed by atoms with Gasteiger partial charge in [0, 0.05) is 24.2 Å². The van der Waals surface area contributed by atoms with Crippen molar-refractivity contribution in [2.24, 2.45) is 0 Å². The second kappa shape index (κ2) is 8.67. The Morgan fingerprint density at radius 2 is 1.78 bits per heavy atom. The largest absolute Gasteiger partial charge is 0.497 e. The van der Waals surface area contributed by atoms with E-state index < -0.39 is 9.84 Å². The third-order valence-corrected chi connectivity index (χ3v) is 5.69. The molecular weight excluding hydrogens is 428 g/mol. The van der Waals surface area contributed by atoms with Crippen LogP contribution in [0.5, 0.6) is 5.75 Å². The van der Waals surface area contributed by atoms with Crippen molar-refractivity contribution in [1.29, 1.82) is 0 Å². The number of anilines is 4. The summed E-state index contributed by atoms with van der Waals surface area (Å²) in [4.78, 5) is 8.93.